The lowest BCUT2D eigenvalue weighted by Gasteiger charge is -2.11. The standard InChI is InChI=1S/C20H24F2N4/c1-5-18-17(8-12(2)23-3)16-6-7-19(25-20(16)26(18)4)24-15-10-13(21)9-14(22)11-15/h6-7,9-12,23H,5,8H2,1-4H3,(H,24,25). The summed E-state index contributed by atoms with van der Waals surface area (Å²) in [4.78, 5) is 4.68. The number of fused-ring (bicyclic) bond motifs is 1. The van der Waals surface area contributed by atoms with Crippen LogP contribution in [0.4, 0.5) is 20.3 Å². The van der Waals surface area contributed by atoms with Gasteiger partial charge in [-0.15, -0.1) is 0 Å². The molecule has 0 aliphatic heterocycles. The summed E-state index contributed by atoms with van der Waals surface area (Å²) in [5, 5.41) is 7.38. The Bertz CT molecular complexity index is 913. The van der Waals surface area contributed by atoms with Gasteiger partial charge >= 0.3 is 0 Å². The molecule has 0 fully saturated rings. The minimum atomic E-state index is -0.621. The number of likely N-dealkylation sites (N-methyl/N-ethyl adjacent to an activating group) is 1. The molecule has 138 valence electrons. The molecule has 0 spiro atoms. The lowest BCUT2D eigenvalue weighted by atomic mass is 10.0. The Morgan fingerprint density at radius 1 is 1.15 bits per heavy atom. The van der Waals surface area contributed by atoms with Gasteiger partial charge in [0.1, 0.15) is 23.1 Å². The Morgan fingerprint density at radius 3 is 2.46 bits per heavy atom. The predicted molar refractivity (Wildman–Crippen MR) is 102 cm³/mol. The number of nitrogens with zero attached hydrogens (tertiary/aromatic N) is 2. The third kappa shape index (κ3) is 3.55. The fourth-order valence-corrected chi connectivity index (χ4v) is 3.36. The van der Waals surface area contributed by atoms with Crippen LogP contribution in [0.3, 0.4) is 0 Å². The zero-order valence-corrected chi connectivity index (χ0v) is 15.5. The molecule has 2 N–H and O–H groups in total. The van der Waals surface area contributed by atoms with E-state index in [0.717, 1.165) is 29.9 Å². The quantitative estimate of drug-likeness (QED) is 0.690. The number of hydrogen-bond acceptors (Lipinski definition) is 3. The van der Waals surface area contributed by atoms with Crippen molar-refractivity contribution in [1.29, 1.82) is 0 Å². The first-order valence-electron chi connectivity index (χ1n) is 8.80. The smallest absolute Gasteiger partial charge is 0.142 e. The van der Waals surface area contributed by atoms with Crippen LogP contribution in [0.5, 0.6) is 0 Å². The number of halogens is 2. The van der Waals surface area contributed by atoms with E-state index in [9.17, 15) is 8.78 Å². The molecular weight excluding hydrogens is 334 g/mol. The van der Waals surface area contributed by atoms with E-state index in [1.807, 2.05) is 26.2 Å². The van der Waals surface area contributed by atoms with Crippen molar-refractivity contribution in [3.05, 3.63) is 53.2 Å². The summed E-state index contributed by atoms with van der Waals surface area (Å²) in [7, 11) is 3.97. The van der Waals surface area contributed by atoms with Crippen LogP contribution in [0.2, 0.25) is 0 Å². The van der Waals surface area contributed by atoms with Crippen molar-refractivity contribution >= 4 is 22.5 Å². The van der Waals surface area contributed by atoms with Crippen molar-refractivity contribution in [3.8, 4) is 0 Å². The fourth-order valence-electron chi connectivity index (χ4n) is 3.36. The first kappa shape index (κ1) is 18.3. The number of benzene rings is 1. The summed E-state index contributed by atoms with van der Waals surface area (Å²) in [6.07, 6.45) is 1.83. The van der Waals surface area contributed by atoms with Crippen LogP contribution < -0.4 is 10.6 Å². The summed E-state index contributed by atoms with van der Waals surface area (Å²) >= 11 is 0. The highest BCUT2D eigenvalue weighted by molar-refractivity contribution is 5.84. The topological polar surface area (TPSA) is 41.9 Å². The zero-order chi connectivity index (χ0) is 18.8. The van der Waals surface area contributed by atoms with Gasteiger partial charge in [0.05, 0.1) is 0 Å². The van der Waals surface area contributed by atoms with Crippen LogP contribution in [-0.4, -0.2) is 22.6 Å². The van der Waals surface area contributed by atoms with Gasteiger partial charge in [-0.2, -0.15) is 0 Å². The van der Waals surface area contributed by atoms with Crippen molar-refractivity contribution in [2.24, 2.45) is 7.05 Å². The Balaban J connectivity index is 2.01. The fraction of sp³-hybridized carbons (Fsp3) is 0.350. The van der Waals surface area contributed by atoms with E-state index in [4.69, 9.17) is 0 Å². The van der Waals surface area contributed by atoms with Crippen molar-refractivity contribution in [3.63, 3.8) is 0 Å². The van der Waals surface area contributed by atoms with Crippen LogP contribution in [0.25, 0.3) is 11.0 Å². The van der Waals surface area contributed by atoms with Gasteiger partial charge in [0.15, 0.2) is 0 Å². The van der Waals surface area contributed by atoms with Gasteiger partial charge in [-0.25, -0.2) is 13.8 Å². The average Bonchev–Trinajstić information content (AvgIpc) is 2.85. The number of aromatic nitrogens is 2. The highest BCUT2D eigenvalue weighted by Gasteiger charge is 2.17. The van der Waals surface area contributed by atoms with Crippen LogP contribution in [-0.2, 0) is 19.9 Å². The number of nitrogens with one attached hydrogen (secondary N) is 2. The molecule has 0 saturated heterocycles. The molecule has 0 amide bonds. The monoisotopic (exact) mass is 358 g/mol. The minimum Gasteiger partial charge on any atom is -0.340 e. The van der Waals surface area contributed by atoms with E-state index in [1.165, 1.54) is 23.4 Å². The average molecular weight is 358 g/mol. The first-order valence-corrected chi connectivity index (χ1v) is 8.80. The molecule has 0 aliphatic carbocycles. The second-order valence-electron chi connectivity index (χ2n) is 6.58. The highest BCUT2D eigenvalue weighted by Crippen LogP contribution is 2.28. The van der Waals surface area contributed by atoms with Crippen LogP contribution in [0, 0.1) is 11.6 Å². The number of hydrogen-bond donors (Lipinski definition) is 2. The molecule has 0 saturated carbocycles. The summed E-state index contributed by atoms with van der Waals surface area (Å²) < 4.78 is 28.9. The Kier molecular flexibility index (Phi) is 5.23. The molecular formula is C20H24F2N4. The van der Waals surface area contributed by atoms with Gasteiger partial charge in [-0.05, 0) is 56.6 Å². The summed E-state index contributed by atoms with van der Waals surface area (Å²) in [5.74, 6) is -0.688. The molecule has 26 heavy (non-hydrogen) atoms. The SMILES string of the molecule is CCc1c(CC(C)NC)c2ccc(Nc3cc(F)cc(F)c3)nc2n1C. The molecule has 1 atom stereocenters. The molecule has 3 aromatic rings. The third-order valence-electron chi connectivity index (χ3n) is 4.74. The van der Waals surface area contributed by atoms with E-state index in [0.29, 0.717) is 17.5 Å². The van der Waals surface area contributed by atoms with E-state index in [-0.39, 0.29) is 0 Å². The maximum absolute atomic E-state index is 13.4. The summed E-state index contributed by atoms with van der Waals surface area (Å²) in [5.41, 5.74) is 3.75. The zero-order valence-electron chi connectivity index (χ0n) is 15.5. The second-order valence-corrected chi connectivity index (χ2v) is 6.58. The molecule has 1 unspecified atom stereocenters. The lowest BCUT2D eigenvalue weighted by Crippen LogP contribution is -2.24. The molecule has 2 aromatic heterocycles. The molecule has 0 bridgehead atoms. The van der Waals surface area contributed by atoms with E-state index in [1.54, 1.807) is 0 Å². The van der Waals surface area contributed by atoms with Gasteiger partial charge in [0.25, 0.3) is 0 Å². The number of aryl methyl sites for hydroxylation is 1. The number of anilines is 2. The van der Waals surface area contributed by atoms with E-state index >= 15 is 0 Å². The van der Waals surface area contributed by atoms with Gasteiger partial charge in [-0.3, -0.25) is 0 Å². The molecule has 1 aromatic carbocycles. The van der Waals surface area contributed by atoms with Crippen LogP contribution in [0.15, 0.2) is 30.3 Å². The van der Waals surface area contributed by atoms with E-state index in [2.05, 4.69) is 34.0 Å². The second kappa shape index (κ2) is 7.41. The Labute approximate surface area is 152 Å². The third-order valence-corrected chi connectivity index (χ3v) is 4.74. The molecule has 0 radical (unpaired) electrons. The molecule has 0 aliphatic rings. The van der Waals surface area contributed by atoms with Gasteiger partial charge in [-0.1, -0.05) is 6.92 Å². The van der Waals surface area contributed by atoms with Crippen LogP contribution >= 0.6 is 0 Å². The van der Waals surface area contributed by atoms with E-state index < -0.39 is 11.6 Å². The predicted octanol–water partition coefficient (Wildman–Crippen LogP) is 4.31. The van der Waals surface area contributed by atoms with Crippen molar-refractivity contribution in [2.75, 3.05) is 12.4 Å². The number of pyridine rings is 1. The highest BCUT2D eigenvalue weighted by atomic mass is 19.1. The lowest BCUT2D eigenvalue weighted by molar-refractivity contribution is 0.584. The Hall–Kier alpha value is -2.47. The molecule has 3 rings (SSSR count). The molecule has 2 heterocycles. The summed E-state index contributed by atoms with van der Waals surface area (Å²) in [6.45, 7) is 4.29. The Morgan fingerprint density at radius 2 is 1.85 bits per heavy atom. The van der Waals surface area contributed by atoms with Gasteiger partial charge in [0.2, 0.25) is 0 Å². The number of rotatable bonds is 6. The normalized spacial score (nSPS) is 12.5. The molecule has 6 heteroatoms. The maximum atomic E-state index is 13.4. The van der Waals surface area contributed by atoms with Crippen molar-refractivity contribution < 1.29 is 8.78 Å². The molecule has 4 nitrogen and oxygen atoms in total. The van der Waals surface area contributed by atoms with Crippen molar-refractivity contribution in [2.45, 2.75) is 32.7 Å². The maximum Gasteiger partial charge on any atom is 0.142 e. The largest absolute Gasteiger partial charge is 0.340 e. The minimum absolute atomic E-state index is 0.336. The van der Waals surface area contributed by atoms with Crippen LogP contribution in [0.1, 0.15) is 25.1 Å². The van der Waals surface area contributed by atoms with Crippen molar-refractivity contribution in [1.82, 2.24) is 14.9 Å². The van der Waals surface area contributed by atoms with Gasteiger partial charge < -0.3 is 15.2 Å². The summed E-state index contributed by atoms with van der Waals surface area (Å²) in [6, 6.07) is 7.57. The van der Waals surface area contributed by atoms with Gasteiger partial charge in [0, 0.05) is 35.9 Å². The first-order chi connectivity index (χ1) is 12.4.